The van der Waals surface area contributed by atoms with E-state index in [1.807, 2.05) is 42.5 Å². The number of methoxy groups -OCH3 is 1. The second kappa shape index (κ2) is 8.20. The van der Waals surface area contributed by atoms with E-state index in [1.165, 1.54) is 7.11 Å². The molecule has 4 aromatic carbocycles. The Hall–Kier alpha value is -4.32. The van der Waals surface area contributed by atoms with Crippen molar-refractivity contribution in [1.29, 1.82) is 0 Å². The predicted octanol–water partition coefficient (Wildman–Crippen LogP) is 4.77. The number of fused-ring (bicyclic) bond motifs is 1. The number of nitrogens with two attached hydrogens (primary N) is 2. The molecule has 4 aromatic rings. The fourth-order valence-electron chi connectivity index (χ4n) is 3.53. The molecular weight excluding hydrogens is 392 g/mol. The molecule has 6 nitrogen and oxygen atoms in total. The molecule has 4 N–H and O–H groups in total. The molecule has 0 saturated carbocycles. The Kier molecular flexibility index (Phi) is 5.28. The minimum absolute atomic E-state index is 0.180. The maximum Gasteiger partial charge on any atom is 0.338 e. The van der Waals surface area contributed by atoms with E-state index in [0.29, 0.717) is 22.6 Å². The second-order valence-corrected chi connectivity index (χ2v) is 6.91. The minimum atomic E-state index is -0.668. The monoisotopic (exact) mass is 412 g/mol. The maximum absolute atomic E-state index is 12.3. The van der Waals surface area contributed by atoms with E-state index < -0.39 is 11.9 Å². The van der Waals surface area contributed by atoms with Gasteiger partial charge >= 0.3 is 5.97 Å². The Balaban J connectivity index is 1.85. The molecule has 0 aliphatic carbocycles. The molecule has 0 aromatic heterocycles. The lowest BCUT2D eigenvalue weighted by molar-refractivity contribution is 0.0601. The number of amides is 1. The van der Waals surface area contributed by atoms with E-state index in [0.717, 1.165) is 10.8 Å². The maximum atomic E-state index is 12.3. The molecule has 0 radical (unpaired) electrons. The zero-order chi connectivity index (χ0) is 22.0. The number of carbonyl (C=O) groups excluding carboxylic acids is 2. The Bertz CT molecular complexity index is 1310. The van der Waals surface area contributed by atoms with Gasteiger partial charge in [-0.25, -0.2) is 4.79 Å². The van der Waals surface area contributed by atoms with Gasteiger partial charge in [0.2, 0.25) is 5.91 Å². The summed E-state index contributed by atoms with van der Waals surface area (Å²) in [6.07, 6.45) is 0. The summed E-state index contributed by atoms with van der Waals surface area (Å²) in [5, 5.41) is 2.10. The summed E-state index contributed by atoms with van der Waals surface area (Å²) in [6.45, 7) is 0. The van der Waals surface area contributed by atoms with Crippen LogP contribution >= 0.6 is 0 Å². The van der Waals surface area contributed by atoms with Gasteiger partial charge in [-0.2, -0.15) is 0 Å². The highest BCUT2D eigenvalue weighted by Gasteiger charge is 2.22. The molecular formula is C25H20N2O4. The van der Waals surface area contributed by atoms with Crippen molar-refractivity contribution < 1.29 is 19.1 Å². The highest BCUT2D eigenvalue weighted by Crippen LogP contribution is 2.40. The number of hydrogen-bond acceptors (Lipinski definition) is 5. The number of benzene rings is 4. The normalized spacial score (nSPS) is 10.6. The van der Waals surface area contributed by atoms with Gasteiger partial charge in [-0.3, -0.25) is 4.79 Å². The first-order chi connectivity index (χ1) is 15.0. The third-order valence-corrected chi connectivity index (χ3v) is 5.02. The molecule has 0 atom stereocenters. The molecule has 0 spiro atoms. The molecule has 1 amide bonds. The predicted molar refractivity (Wildman–Crippen MR) is 120 cm³/mol. The van der Waals surface area contributed by atoms with E-state index in [1.54, 1.807) is 36.4 Å². The number of ether oxygens (including phenoxy) is 2. The van der Waals surface area contributed by atoms with Crippen LogP contribution in [0.3, 0.4) is 0 Å². The van der Waals surface area contributed by atoms with Crippen LogP contribution in [0.25, 0.3) is 21.9 Å². The van der Waals surface area contributed by atoms with Crippen LogP contribution < -0.4 is 16.2 Å². The zero-order valence-electron chi connectivity index (χ0n) is 16.8. The van der Waals surface area contributed by atoms with Gasteiger partial charge in [0.25, 0.3) is 0 Å². The van der Waals surface area contributed by atoms with Crippen LogP contribution in [0.5, 0.6) is 11.5 Å². The van der Waals surface area contributed by atoms with Crippen molar-refractivity contribution >= 4 is 28.3 Å². The summed E-state index contributed by atoms with van der Waals surface area (Å²) >= 11 is 0. The number of carbonyl (C=O) groups is 2. The van der Waals surface area contributed by atoms with Crippen LogP contribution in [-0.4, -0.2) is 19.0 Å². The van der Waals surface area contributed by atoms with Crippen molar-refractivity contribution in [3.05, 3.63) is 90.0 Å². The molecule has 0 aliphatic heterocycles. The Morgan fingerprint density at radius 1 is 0.806 bits per heavy atom. The average molecular weight is 412 g/mol. The van der Waals surface area contributed by atoms with Gasteiger partial charge < -0.3 is 20.9 Å². The van der Waals surface area contributed by atoms with Gasteiger partial charge in [-0.15, -0.1) is 0 Å². The van der Waals surface area contributed by atoms with Crippen LogP contribution in [0.15, 0.2) is 78.9 Å². The van der Waals surface area contributed by atoms with Gasteiger partial charge in [-0.1, -0.05) is 48.5 Å². The minimum Gasteiger partial charge on any atom is -0.465 e. The number of anilines is 1. The van der Waals surface area contributed by atoms with Gasteiger partial charge in [0.15, 0.2) is 5.75 Å². The van der Waals surface area contributed by atoms with E-state index in [2.05, 4.69) is 0 Å². The molecule has 154 valence electrons. The fraction of sp³-hybridized carbons (Fsp3) is 0.0400. The van der Waals surface area contributed by atoms with Crippen molar-refractivity contribution in [2.45, 2.75) is 0 Å². The Morgan fingerprint density at radius 2 is 1.52 bits per heavy atom. The lowest BCUT2D eigenvalue weighted by Gasteiger charge is -2.17. The molecule has 6 heteroatoms. The summed E-state index contributed by atoms with van der Waals surface area (Å²) in [4.78, 5) is 24.4. The van der Waals surface area contributed by atoms with Crippen LogP contribution in [0.4, 0.5) is 5.69 Å². The summed E-state index contributed by atoms with van der Waals surface area (Å²) in [5.41, 5.74) is 13.4. The van der Waals surface area contributed by atoms with Crippen LogP contribution in [0.1, 0.15) is 20.7 Å². The largest absolute Gasteiger partial charge is 0.465 e. The first-order valence-electron chi connectivity index (χ1n) is 9.56. The number of rotatable bonds is 5. The summed E-state index contributed by atoms with van der Waals surface area (Å²) < 4.78 is 10.9. The first kappa shape index (κ1) is 20.0. The fourth-order valence-corrected chi connectivity index (χ4v) is 3.53. The Morgan fingerprint density at radius 3 is 2.26 bits per heavy atom. The van der Waals surface area contributed by atoms with E-state index in [4.69, 9.17) is 20.9 Å². The zero-order valence-corrected chi connectivity index (χ0v) is 16.8. The van der Waals surface area contributed by atoms with E-state index in [-0.39, 0.29) is 16.8 Å². The van der Waals surface area contributed by atoms with Crippen LogP contribution in [0, 0.1) is 0 Å². The van der Waals surface area contributed by atoms with Gasteiger partial charge in [0.05, 0.1) is 18.4 Å². The van der Waals surface area contributed by atoms with Gasteiger partial charge in [0, 0.05) is 11.1 Å². The first-order valence-corrected chi connectivity index (χ1v) is 9.56. The highest BCUT2D eigenvalue weighted by atomic mass is 16.5. The molecule has 0 aliphatic rings. The third-order valence-electron chi connectivity index (χ3n) is 5.02. The topological polar surface area (TPSA) is 105 Å². The molecule has 0 bridgehead atoms. The molecule has 31 heavy (non-hydrogen) atoms. The van der Waals surface area contributed by atoms with Crippen molar-refractivity contribution in [1.82, 2.24) is 0 Å². The number of esters is 1. The second-order valence-electron chi connectivity index (χ2n) is 6.91. The van der Waals surface area contributed by atoms with Crippen molar-refractivity contribution in [2.24, 2.45) is 5.73 Å². The van der Waals surface area contributed by atoms with Crippen LogP contribution in [0.2, 0.25) is 0 Å². The molecule has 0 fully saturated rings. The summed E-state index contributed by atoms with van der Waals surface area (Å²) in [7, 11) is 1.29. The lowest BCUT2D eigenvalue weighted by Crippen LogP contribution is -2.15. The molecule has 0 unspecified atom stereocenters. The van der Waals surface area contributed by atoms with E-state index in [9.17, 15) is 9.59 Å². The SMILES string of the molecule is COC(=O)c1ccccc1-c1c(C(N)=O)ccc(Oc2ccc3ccccc3c2)c1N. The highest BCUT2D eigenvalue weighted by molar-refractivity contribution is 6.08. The van der Waals surface area contributed by atoms with Crippen molar-refractivity contribution in [3.63, 3.8) is 0 Å². The lowest BCUT2D eigenvalue weighted by atomic mass is 9.93. The quantitative estimate of drug-likeness (QED) is 0.363. The van der Waals surface area contributed by atoms with Gasteiger partial charge in [0.1, 0.15) is 5.75 Å². The van der Waals surface area contributed by atoms with Crippen molar-refractivity contribution in [3.8, 4) is 22.6 Å². The molecule has 0 saturated heterocycles. The summed E-state index contributed by atoms with van der Waals surface area (Å²) in [6, 6.07) is 23.5. The molecule has 4 rings (SSSR count). The summed E-state index contributed by atoms with van der Waals surface area (Å²) in [5.74, 6) is -0.288. The smallest absolute Gasteiger partial charge is 0.338 e. The number of primary amides is 1. The number of nitrogen functional groups attached to an aromatic ring is 1. The third kappa shape index (κ3) is 3.79. The van der Waals surface area contributed by atoms with Gasteiger partial charge in [-0.05, 0) is 46.7 Å². The van der Waals surface area contributed by atoms with E-state index >= 15 is 0 Å². The number of hydrogen-bond donors (Lipinski definition) is 2. The van der Waals surface area contributed by atoms with Crippen LogP contribution in [-0.2, 0) is 4.74 Å². The average Bonchev–Trinajstić information content (AvgIpc) is 2.79. The van der Waals surface area contributed by atoms with Crippen molar-refractivity contribution in [2.75, 3.05) is 12.8 Å². The Labute approximate surface area is 179 Å². The standard InChI is InChI=1S/C25H20N2O4/c1-30-25(29)19-9-5-4-8-18(19)22-20(24(27)28)12-13-21(23(22)26)31-17-11-10-15-6-2-3-7-16(15)14-17/h2-14H,26H2,1H3,(H2,27,28). The molecule has 0 heterocycles.